The van der Waals surface area contributed by atoms with Gasteiger partial charge in [-0.2, -0.15) is 0 Å². The van der Waals surface area contributed by atoms with Gasteiger partial charge in [-0.15, -0.1) is 0 Å². The lowest BCUT2D eigenvalue weighted by molar-refractivity contribution is -0.115. The first-order valence-electron chi connectivity index (χ1n) is 58.3. The van der Waals surface area contributed by atoms with Crippen LogP contribution in [0.15, 0.2) is 75.9 Å². The molecule has 0 heterocycles. The number of allylic oxidation sites excluding steroid dienone is 6. The van der Waals surface area contributed by atoms with Crippen molar-refractivity contribution in [2.45, 2.75) is 677 Å². The van der Waals surface area contributed by atoms with Crippen LogP contribution in [0.4, 0.5) is 0 Å². The summed E-state index contributed by atoms with van der Waals surface area (Å²) < 4.78 is 0. The van der Waals surface area contributed by atoms with Crippen LogP contribution >= 0.6 is 0 Å². The second kappa shape index (κ2) is 133. The van der Waals surface area contributed by atoms with E-state index in [9.17, 15) is 28.8 Å². The van der Waals surface area contributed by atoms with Crippen LogP contribution < -0.4 is 0 Å². The van der Waals surface area contributed by atoms with E-state index in [4.69, 9.17) is 0 Å². The van der Waals surface area contributed by atoms with Crippen molar-refractivity contribution in [3.05, 3.63) is 75.9 Å². The second-order valence-corrected chi connectivity index (χ2v) is 39.3. The van der Waals surface area contributed by atoms with Crippen molar-refractivity contribution < 1.29 is 28.8 Å². The van der Waals surface area contributed by atoms with Crippen LogP contribution in [0.25, 0.3) is 0 Å². The Labute approximate surface area is 811 Å². The summed E-state index contributed by atoms with van der Waals surface area (Å²) in [5.74, 6) is 1.19. The molecule has 0 amide bonds. The average molecular weight is 1810 g/mol. The van der Waals surface area contributed by atoms with Gasteiger partial charge in [0.1, 0.15) is 0 Å². The highest BCUT2D eigenvalue weighted by Crippen LogP contribution is 2.22. The fourth-order valence-corrected chi connectivity index (χ4v) is 17.2. The topological polar surface area (TPSA) is 102 Å². The number of hydrogen-bond donors (Lipinski definition) is 0. The lowest BCUT2D eigenvalue weighted by Gasteiger charge is -2.03. The van der Waals surface area contributed by atoms with Crippen LogP contribution in [0.1, 0.15) is 677 Å². The minimum Gasteiger partial charge on any atom is -0.295 e. The highest BCUT2D eigenvalue weighted by Gasteiger charge is 2.06. The SMILES string of the molecule is C=CC(=O)CCCCCCCCCCCCCCC.C=CC(=O)CCCCCCCCCCCCCCCC.C=CC(=O)CCCCCCCCCCCCCCCCC.C=CC(=O)CCCCCCCCCCCCCCCCCC.C=CC(=O)CCCCCCCCCCCCCCCCCCC.C=CC(=O)CCCCCCCCCCCCCCCCCCCC. The summed E-state index contributed by atoms with van der Waals surface area (Å²) >= 11 is 0. The molecule has 0 fully saturated rings. The molecule has 0 aliphatic rings. The third kappa shape index (κ3) is 145. The molecule has 0 rings (SSSR count). The Balaban J connectivity index is -0.000000352. The summed E-state index contributed by atoms with van der Waals surface area (Å²) in [6.07, 6.45) is 140. The summed E-state index contributed by atoms with van der Waals surface area (Å²) in [6.45, 7) is 34.7. The molecule has 0 saturated carbocycles. The molecule has 6 nitrogen and oxygen atoms in total. The van der Waals surface area contributed by atoms with Gasteiger partial charge in [-0.05, 0) is 75.0 Å². The van der Waals surface area contributed by atoms with E-state index in [0.717, 1.165) is 38.5 Å². The van der Waals surface area contributed by atoms with Gasteiger partial charge in [-0.25, -0.2) is 0 Å². The monoisotopic (exact) mass is 1810 g/mol. The van der Waals surface area contributed by atoms with Gasteiger partial charge in [0, 0.05) is 38.5 Å². The van der Waals surface area contributed by atoms with E-state index in [1.807, 2.05) is 0 Å². The van der Waals surface area contributed by atoms with E-state index < -0.39 is 0 Å². The molecule has 0 aromatic rings. The van der Waals surface area contributed by atoms with Crippen molar-refractivity contribution in [2.75, 3.05) is 0 Å². The van der Waals surface area contributed by atoms with E-state index in [2.05, 4.69) is 81.0 Å². The van der Waals surface area contributed by atoms with E-state index in [-0.39, 0.29) is 34.7 Å². The van der Waals surface area contributed by atoms with E-state index in [1.54, 1.807) is 0 Å². The first kappa shape index (κ1) is 136. The standard InChI is InChI=1S/C23H44O.C22H42O.C21H40O.C20H38O.C19H36O.C18H34O/c1-3-5-6-7-8-9-10-11-12-13-14-15-16-17-18-19-20-21-22-23(24)4-2;1-3-5-6-7-8-9-10-11-12-13-14-15-16-17-18-19-20-21-22(23)4-2;1-3-5-6-7-8-9-10-11-12-13-14-15-16-17-18-19-20-21(22)4-2;1-3-5-6-7-8-9-10-11-12-13-14-15-16-17-18-19-20(21)4-2;1-3-5-6-7-8-9-10-11-12-13-14-15-16-17-18-19(20)4-2;1-3-5-6-7-8-9-10-11-12-13-14-15-16-17-18(19)4-2/h4H,2-3,5-22H2,1H3;4H,2-3,5-21H2,1H3;4H,2-3,5-20H2,1H3;4H,2-3,5-19H2,1H3;4H,2-3,5-18H2,1H3;4H,2-3,5-17H2,1H3. The zero-order valence-electron chi connectivity index (χ0n) is 89.2. The van der Waals surface area contributed by atoms with Crippen LogP contribution in [0.2, 0.25) is 0 Å². The van der Waals surface area contributed by atoms with E-state index in [0.29, 0.717) is 38.5 Å². The Morgan fingerprint density at radius 2 is 0.163 bits per heavy atom. The summed E-state index contributed by atoms with van der Waals surface area (Å²) in [4.78, 5) is 66.2. The molecule has 0 aliphatic carbocycles. The lowest BCUT2D eigenvalue weighted by atomic mass is 10.0. The quantitative estimate of drug-likeness (QED) is 0.0444. The van der Waals surface area contributed by atoms with E-state index in [1.165, 1.54) is 595 Å². The fourth-order valence-electron chi connectivity index (χ4n) is 17.2. The maximum atomic E-state index is 11.1. The van der Waals surface area contributed by atoms with Gasteiger partial charge in [0.15, 0.2) is 34.7 Å². The Morgan fingerprint density at radius 3 is 0.217 bits per heavy atom. The number of hydrogen-bond acceptors (Lipinski definition) is 6. The van der Waals surface area contributed by atoms with Crippen molar-refractivity contribution in [3.8, 4) is 0 Å². The predicted octanol–water partition coefficient (Wildman–Crippen LogP) is 43.2. The first-order valence-corrected chi connectivity index (χ1v) is 58.3. The van der Waals surface area contributed by atoms with Crippen LogP contribution in [0.3, 0.4) is 0 Å². The van der Waals surface area contributed by atoms with Crippen LogP contribution in [-0.4, -0.2) is 34.7 Å². The maximum Gasteiger partial charge on any atom is 0.155 e. The minimum atomic E-state index is 0.197. The molecule has 0 aromatic heterocycles. The van der Waals surface area contributed by atoms with Gasteiger partial charge in [0.05, 0.1) is 0 Å². The molecule has 0 saturated heterocycles. The van der Waals surface area contributed by atoms with Gasteiger partial charge in [0.25, 0.3) is 0 Å². The molecule has 762 valence electrons. The van der Waals surface area contributed by atoms with Gasteiger partial charge in [-0.3, -0.25) is 28.8 Å². The van der Waals surface area contributed by atoms with Crippen molar-refractivity contribution in [2.24, 2.45) is 0 Å². The van der Waals surface area contributed by atoms with E-state index >= 15 is 0 Å². The summed E-state index contributed by atoms with van der Waals surface area (Å²) in [7, 11) is 0. The minimum absolute atomic E-state index is 0.197. The summed E-state index contributed by atoms with van der Waals surface area (Å²) in [6, 6.07) is 0. The van der Waals surface area contributed by atoms with Crippen molar-refractivity contribution in [3.63, 3.8) is 0 Å². The number of carbonyl (C=O) groups is 6. The Morgan fingerprint density at radius 1 is 0.109 bits per heavy atom. The molecule has 0 N–H and O–H groups in total. The van der Waals surface area contributed by atoms with Crippen molar-refractivity contribution >= 4 is 34.7 Å². The third-order valence-electron chi connectivity index (χ3n) is 26.3. The maximum absolute atomic E-state index is 11.1. The van der Waals surface area contributed by atoms with Crippen LogP contribution in [0.5, 0.6) is 0 Å². The molecule has 0 atom stereocenters. The molecule has 6 heteroatoms. The Bertz CT molecular complexity index is 2220. The smallest absolute Gasteiger partial charge is 0.155 e. The molecule has 129 heavy (non-hydrogen) atoms. The van der Waals surface area contributed by atoms with Gasteiger partial charge in [-0.1, -0.05) is 640 Å². The predicted molar refractivity (Wildman–Crippen MR) is 582 cm³/mol. The zero-order valence-corrected chi connectivity index (χ0v) is 89.2. The first-order chi connectivity index (χ1) is 63.3. The molecule has 0 aliphatic heterocycles. The van der Waals surface area contributed by atoms with Crippen molar-refractivity contribution in [1.82, 2.24) is 0 Å². The third-order valence-corrected chi connectivity index (χ3v) is 26.3. The van der Waals surface area contributed by atoms with Gasteiger partial charge >= 0.3 is 0 Å². The Hall–Kier alpha value is -3.54. The zero-order chi connectivity index (χ0) is 95.7. The second-order valence-electron chi connectivity index (χ2n) is 39.3. The number of ketones is 6. The lowest BCUT2D eigenvalue weighted by Crippen LogP contribution is -1.91. The number of unbranched alkanes of at least 4 members (excludes halogenated alkanes) is 87. The largest absolute Gasteiger partial charge is 0.295 e. The molecule has 0 bridgehead atoms. The van der Waals surface area contributed by atoms with Crippen LogP contribution in [-0.2, 0) is 28.8 Å². The molecule has 0 aromatic carbocycles. The van der Waals surface area contributed by atoms with Gasteiger partial charge in [0.2, 0.25) is 0 Å². The summed E-state index contributed by atoms with van der Waals surface area (Å²) in [5, 5.41) is 0. The highest BCUT2D eigenvalue weighted by atomic mass is 16.1. The Kier molecular flexibility index (Phi) is 140. The van der Waals surface area contributed by atoms with Gasteiger partial charge < -0.3 is 0 Å². The molecule has 0 spiro atoms. The van der Waals surface area contributed by atoms with Crippen LogP contribution in [0, 0.1) is 0 Å². The molecular formula is C123H234O6. The number of rotatable bonds is 105. The molecular weight excluding hydrogens is 1570 g/mol. The normalized spacial score (nSPS) is 10.7. The molecule has 0 radical (unpaired) electrons. The van der Waals surface area contributed by atoms with Crippen molar-refractivity contribution in [1.29, 1.82) is 0 Å². The number of carbonyl (C=O) groups excluding carboxylic acids is 6. The fraction of sp³-hybridized carbons (Fsp3) is 0.854. The summed E-state index contributed by atoms with van der Waals surface area (Å²) in [5.41, 5.74) is 0. The molecule has 0 unspecified atom stereocenters. The highest BCUT2D eigenvalue weighted by molar-refractivity contribution is 5.90. The average Bonchev–Trinajstić information content (AvgIpc) is 1.11.